The molecule has 0 spiro atoms. The average molecular weight is 244 g/mol. The van der Waals surface area contributed by atoms with Gasteiger partial charge < -0.3 is 9.80 Å². The van der Waals surface area contributed by atoms with Crippen LogP contribution in [0.3, 0.4) is 0 Å². The monoisotopic (exact) mass is 244 g/mol. The van der Waals surface area contributed by atoms with Crippen molar-refractivity contribution in [2.45, 2.75) is 26.8 Å². The third kappa shape index (κ3) is 2.14. The molecular weight excluding hydrogens is 220 g/mol. The van der Waals surface area contributed by atoms with E-state index in [1.54, 1.807) is 0 Å². The third-order valence-electron chi connectivity index (χ3n) is 4.61. The van der Waals surface area contributed by atoms with Gasteiger partial charge in [0.05, 0.1) is 0 Å². The highest BCUT2D eigenvalue weighted by Gasteiger charge is 2.40. The van der Waals surface area contributed by atoms with Gasteiger partial charge in [-0.05, 0) is 50.3 Å². The summed E-state index contributed by atoms with van der Waals surface area (Å²) in [5, 5.41) is 0. The molecule has 0 N–H and O–H groups in total. The van der Waals surface area contributed by atoms with Crippen molar-refractivity contribution in [3.05, 3.63) is 29.8 Å². The first-order chi connectivity index (χ1) is 8.63. The average Bonchev–Trinajstić information content (AvgIpc) is 2.86. The van der Waals surface area contributed by atoms with Crippen LogP contribution < -0.4 is 4.90 Å². The van der Waals surface area contributed by atoms with Crippen LogP contribution in [0.2, 0.25) is 0 Å². The maximum absolute atomic E-state index is 2.64. The molecule has 2 heterocycles. The highest BCUT2D eigenvalue weighted by Crippen LogP contribution is 2.34. The number of hydrogen-bond donors (Lipinski definition) is 0. The Bertz CT molecular complexity index is 413. The molecule has 2 heteroatoms. The van der Waals surface area contributed by atoms with Crippen LogP contribution in [0, 0.1) is 18.8 Å². The Morgan fingerprint density at radius 3 is 2.28 bits per heavy atom. The lowest BCUT2D eigenvalue weighted by atomic mass is 10.0. The fraction of sp³-hybridized carbons (Fsp3) is 0.625. The summed E-state index contributed by atoms with van der Waals surface area (Å²) in [7, 11) is 0. The zero-order valence-electron chi connectivity index (χ0n) is 11.8. The van der Waals surface area contributed by atoms with Crippen LogP contribution >= 0.6 is 0 Å². The molecule has 2 atom stereocenters. The minimum atomic E-state index is 0.711. The van der Waals surface area contributed by atoms with Crippen molar-refractivity contribution < 1.29 is 0 Å². The SMILES string of the molecule is Cc1cccc(N2CC3CN(C(C)C)CC3C2)c1. The predicted octanol–water partition coefficient (Wildman–Crippen LogP) is 2.77. The van der Waals surface area contributed by atoms with E-state index in [1.165, 1.54) is 37.4 Å². The van der Waals surface area contributed by atoms with E-state index in [2.05, 4.69) is 54.8 Å². The molecule has 3 rings (SSSR count). The highest BCUT2D eigenvalue weighted by atomic mass is 15.2. The number of likely N-dealkylation sites (tertiary alicyclic amines) is 1. The Labute approximate surface area is 111 Å². The zero-order valence-corrected chi connectivity index (χ0v) is 11.8. The number of benzene rings is 1. The third-order valence-corrected chi connectivity index (χ3v) is 4.61. The van der Waals surface area contributed by atoms with Gasteiger partial charge in [0.2, 0.25) is 0 Å². The molecule has 1 aromatic carbocycles. The van der Waals surface area contributed by atoms with Crippen molar-refractivity contribution in [1.29, 1.82) is 0 Å². The van der Waals surface area contributed by atoms with E-state index in [1.807, 2.05) is 0 Å². The van der Waals surface area contributed by atoms with Gasteiger partial charge >= 0.3 is 0 Å². The lowest BCUT2D eigenvalue weighted by molar-refractivity contribution is 0.258. The number of anilines is 1. The predicted molar refractivity (Wildman–Crippen MR) is 77.1 cm³/mol. The highest BCUT2D eigenvalue weighted by molar-refractivity contribution is 5.49. The van der Waals surface area contributed by atoms with Gasteiger partial charge in [-0.25, -0.2) is 0 Å². The summed E-state index contributed by atoms with van der Waals surface area (Å²) >= 11 is 0. The second-order valence-electron chi connectivity index (χ2n) is 6.31. The molecule has 2 aliphatic heterocycles. The number of nitrogens with zero attached hydrogens (tertiary/aromatic N) is 2. The van der Waals surface area contributed by atoms with Gasteiger partial charge in [0, 0.05) is 37.9 Å². The van der Waals surface area contributed by atoms with Crippen LogP contribution in [0.4, 0.5) is 5.69 Å². The molecule has 0 radical (unpaired) electrons. The topological polar surface area (TPSA) is 6.48 Å². The van der Waals surface area contributed by atoms with Crippen LogP contribution in [-0.4, -0.2) is 37.1 Å². The standard InChI is InChI=1S/C16H24N2/c1-12(2)17-8-14-10-18(11-15(14)9-17)16-6-4-5-13(3)7-16/h4-7,12,14-15H,8-11H2,1-3H3. The molecule has 1 aromatic rings. The molecule has 0 aliphatic carbocycles. The van der Waals surface area contributed by atoms with E-state index in [4.69, 9.17) is 0 Å². The first kappa shape index (κ1) is 12.0. The summed E-state index contributed by atoms with van der Waals surface area (Å²) in [5.74, 6) is 1.76. The number of rotatable bonds is 2. The fourth-order valence-corrected chi connectivity index (χ4v) is 3.49. The maximum Gasteiger partial charge on any atom is 0.0369 e. The summed E-state index contributed by atoms with van der Waals surface area (Å²) in [4.78, 5) is 5.23. The van der Waals surface area contributed by atoms with Crippen LogP contribution in [0.25, 0.3) is 0 Å². The molecule has 0 bridgehead atoms. The minimum Gasteiger partial charge on any atom is -0.371 e. The second-order valence-corrected chi connectivity index (χ2v) is 6.31. The van der Waals surface area contributed by atoms with Crippen molar-refractivity contribution in [2.24, 2.45) is 11.8 Å². The molecule has 18 heavy (non-hydrogen) atoms. The summed E-state index contributed by atoms with van der Waals surface area (Å²) in [6, 6.07) is 9.65. The lowest BCUT2D eigenvalue weighted by Crippen LogP contribution is -2.33. The fourth-order valence-electron chi connectivity index (χ4n) is 3.49. The molecule has 2 aliphatic rings. The molecule has 0 saturated carbocycles. The Hall–Kier alpha value is -1.02. The van der Waals surface area contributed by atoms with E-state index in [-0.39, 0.29) is 0 Å². The summed E-state index contributed by atoms with van der Waals surface area (Å²) in [6.45, 7) is 11.9. The van der Waals surface area contributed by atoms with Crippen LogP contribution in [-0.2, 0) is 0 Å². The number of hydrogen-bond acceptors (Lipinski definition) is 2. The molecular formula is C16H24N2. The molecule has 0 amide bonds. The smallest absolute Gasteiger partial charge is 0.0369 e. The largest absolute Gasteiger partial charge is 0.371 e. The molecule has 2 nitrogen and oxygen atoms in total. The molecule has 2 fully saturated rings. The quantitative estimate of drug-likeness (QED) is 0.789. The van der Waals surface area contributed by atoms with Gasteiger partial charge in [0.15, 0.2) is 0 Å². The van der Waals surface area contributed by atoms with Gasteiger partial charge in [0.1, 0.15) is 0 Å². The molecule has 98 valence electrons. The van der Waals surface area contributed by atoms with Crippen LogP contribution in [0.1, 0.15) is 19.4 Å². The summed E-state index contributed by atoms with van der Waals surface area (Å²) in [5.41, 5.74) is 2.79. The minimum absolute atomic E-state index is 0.711. The molecule has 2 unspecified atom stereocenters. The van der Waals surface area contributed by atoms with Crippen LogP contribution in [0.15, 0.2) is 24.3 Å². The zero-order chi connectivity index (χ0) is 12.7. The Balaban J connectivity index is 1.68. The number of fused-ring (bicyclic) bond motifs is 1. The summed E-state index contributed by atoms with van der Waals surface area (Å²) in [6.07, 6.45) is 0. The van der Waals surface area contributed by atoms with Gasteiger partial charge in [-0.15, -0.1) is 0 Å². The molecule has 0 aromatic heterocycles. The van der Waals surface area contributed by atoms with E-state index in [0.29, 0.717) is 6.04 Å². The maximum atomic E-state index is 2.64. The van der Waals surface area contributed by atoms with Crippen molar-refractivity contribution in [3.8, 4) is 0 Å². The normalized spacial score (nSPS) is 28.1. The van der Waals surface area contributed by atoms with Crippen molar-refractivity contribution >= 4 is 5.69 Å². The van der Waals surface area contributed by atoms with Gasteiger partial charge in [-0.3, -0.25) is 0 Å². The van der Waals surface area contributed by atoms with Crippen LogP contribution in [0.5, 0.6) is 0 Å². The Morgan fingerprint density at radius 1 is 1.06 bits per heavy atom. The van der Waals surface area contributed by atoms with Gasteiger partial charge in [-0.2, -0.15) is 0 Å². The van der Waals surface area contributed by atoms with E-state index < -0.39 is 0 Å². The summed E-state index contributed by atoms with van der Waals surface area (Å²) < 4.78 is 0. The van der Waals surface area contributed by atoms with Crippen molar-refractivity contribution in [3.63, 3.8) is 0 Å². The lowest BCUT2D eigenvalue weighted by Gasteiger charge is -2.25. The number of aryl methyl sites for hydroxylation is 1. The van der Waals surface area contributed by atoms with Gasteiger partial charge in [0.25, 0.3) is 0 Å². The van der Waals surface area contributed by atoms with Crippen molar-refractivity contribution in [2.75, 3.05) is 31.1 Å². The van der Waals surface area contributed by atoms with E-state index in [0.717, 1.165) is 11.8 Å². The Morgan fingerprint density at radius 2 is 1.72 bits per heavy atom. The first-order valence-corrected chi connectivity index (χ1v) is 7.19. The van der Waals surface area contributed by atoms with Gasteiger partial charge in [-0.1, -0.05) is 12.1 Å². The van der Waals surface area contributed by atoms with E-state index >= 15 is 0 Å². The second kappa shape index (κ2) is 4.58. The Kier molecular flexibility index (Phi) is 3.06. The van der Waals surface area contributed by atoms with Crippen molar-refractivity contribution in [1.82, 2.24) is 4.90 Å². The first-order valence-electron chi connectivity index (χ1n) is 7.19. The molecule has 2 saturated heterocycles. The van der Waals surface area contributed by atoms with E-state index in [9.17, 15) is 0 Å².